The van der Waals surface area contributed by atoms with Gasteiger partial charge in [0.2, 0.25) is 0 Å². The summed E-state index contributed by atoms with van der Waals surface area (Å²) < 4.78 is 14.2. The van der Waals surface area contributed by atoms with E-state index >= 15 is 0 Å². The second-order valence-electron chi connectivity index (χ2n) is 4.59. The van der Waals surface area contributed by atoms with Gasteiger partial charge in [0, 0.05) is 25.5 Å². The molecule has 0 amide bonds. The van der Waals surface area contributed by atoms with Crippen molar-refractivity contribution in [3.05, 3.63) is 40.1 Å². The highest BCUT2D eigenvalue weighted by Crippen LogP contribution is 2.37. The van der Waals surface area contributed by atoms with Gasteiger partial charge in [-0.2, -0.15) is 5.10 Å². The minimum absolute atomic E-state index is 0.439. The molecule has 0 aliphatic heterocycles. The topological polar surface area (TPSA) is 36.3 Å². The van der Waals surface area contributed by atoms with Gasteiger partial charge in [0.05, 0.1) is 23.9 Å². The third-order valence-corrected chi connectivity index (χ3v) is 3.82. The van der Waals surface area contributed by atoms with Crippen molar-refractivity contribution in [1.29, 1.82) is 0 Å². The Morgan fingerprint density at radius 2 is 2.10 bits per heavy atom. The van der Waals surface area contributed by atoms with E-state index in [0.717, 1.165) is 27.8 Å². The van der Waals surface area contributed by atoms with E-state index in [9.17, 15) is 0 Å². The minimum Gasteiger partial charge on any atom is -0.490 e. The summed E-state index contributed by atoms with van der Waals surface area (Å²) in [6.45, 7) is 3.09. The predicted molar refractivity (Wildman–Crippen MR) is 87.3 cm³/mol. The average Bonchev–Trinajstić information content (AvgIpc) is 2.87. The van der Waals surface area contributed by atoms with Crippen molar-refractivity contribution in [1.82, 2.24) is 9.78 Å². The van der Waals surface area contributed by atoms with Crippen molar-refractivity contribution in [2.24, 2.45) is 7.05 Å². The molecular weight excluding hydrogens is 356 g/mol. The van der Waals surface area contributed by atoms with Gasteiger partial charge in [0.15, 0.2) is 11.5 Å². The van der Waals surface area contributed by atoms with Crippen molar-refractivity contribution < 1.29 is 9.47 Å². The van der Waals surface area contributed by atoms with Crippen LogP contribution in [0.25, 0.3) is 0 Å². The molecule has 6 heteroatoms. The third kappa shape index (κ3) is 4.38. The number of halogens is 2. The number of aryl methyl sites for hydroxylation is 1. The molecule has 0 spiro atoms. The van der Waals surface area contributed by atoms with E-state index in [0.29, 0.717) is 24.8 Å². The molecule has 0 bridgehead atoms. The molecule has 0 aliphatic carbocycles. The van der Waals surface area contributed by atoms with Crippen molar-refractivity contribution in [3.8, 4) is 11.5 Å². The first-order valence-corrected chi connectivity index (χ1v) is 8.08. The lowest BCUT2D eigenvalue weighted by atomic mass is 10.2. The Morgan fingerprint density at radius 1 is 1.29 bits per heavy atom. The fourth-order valence-electron chi connectivity index (χ4n) is 1.97. The van der Waals surface area contributed by atoms with E-state index in [2.05, 4.69) is 21.0 Å². The maximum Gasteiger partial charge on any atom is 0.175 e. The molecule has 1 aromatic carbocycles. The Labute approximate surface area is 138 Å². The smallest absolute Gasteiger partial charge is 0.175 e. The molecule has 0 aliphatic rings. The Balaban J connectivity index is 2.07. The summed E-state index contributed by atoms with van der Waals surface area (Å²) in [6, 6.07) is 3.87. The molecule has 114 valence electrons. The van der Waals surface area contributed by atoms with E-state index in [-0.39, 0.29) is 0 Å². The van der Waals surface area contributed by atoms with Crippen LogP contribution in [0.4, 0.5) is 0 Å². The molecule has 2 aromatic rings. The van der Waals surface area contributed by atoms with Gasteiger partial charge in [0.1, 0.15) is 0 Å². The molecule has 0 unspecified atom stereocenters. The van der Waals surface area contributed by atoms with E-state index in [1.54, 1.807) is 4.68 Å². The minimum atomic E-state index is 0.439. The Bertz CT molecular complexity index is 601. The molecule has 4 nitrogen and oxygen atoms in total. The van der Waals surface area contributed by atoms with Gasteiger partial charge in [-0.05, 0) is 46.1 Å². The normalized spacial score (nSPS) is 10.7. The zero-order chi connectivity index (χ0) is 15.2. The second kappa shape index (κ2) is 7.71. The van der Waals surface area contributed by atoms with Crippen LogP contribution < -0.4 is 9.47 Å². The lowest BCUT2D eigenvalue weighted by molar-refractivity contribution is 0.277. The number of benzene rings is 1. The van der Waals surface area contributed by atoms with Crippen LogP contribution in [0.15, 0.2) is 29.0 Å². The first-order valence-electron chi connectivity index (χ1n) is 6.75. The number of nitrogens with zero attached hydrogens (tertiary/aromatic N) is 2. The molecule has 0 saturated heterocycles. The van der Waals surface area contributed by atoms with E-state index in [1.807, 2.05) is 38.5 Å². The van der Waals surface area contributed by atoms with Crippen molar-refractivity contribution >= 4 is 27.5 Å². The van der Waals surface area contributed by atoms with Crippen LogP contribution in [-0.4, -0.2) is 23.0 Å². The molecule has 0 N–H and O–H groups in total. The molecule has 1 heterocycles. The molecule has 0 fully saturated rings. The summed E-state index contributed by atoms with van der Waals surface area (Å²) in [5.74, 6) is 1.87. The SMILES string of the molecule is CCOc1cc(CCl)cc(Br)c1OCCc1cnn(C)c1. The Kier molecular flexibility index (Phi) is 5.94. The van der Waals surface area contributed by atoms with Crippen LogP contribution in [0.2, 0.25) is 0 Å². The van der Waals surface area contributed by atoms with Crippen LogP contribution in [0.1, 0.15) is 18.1 Å². The fourth-order valence-corrected chi connectivity index (χ4v) is 2.73. The summed E-state index contributed by atoms with van der Waals surface area (Å²) in [5.41, 5.74) is 2.13. The number of rotatable bonds is 7. The molecule has 0 radical (unpaired) electrons. The monoisotopic (exact) mass is 372 g/mol. The maximum absolute atomic E-state index is 5.88. The number of alkyl halides is 1. The molecule has 0 atom stereocenters. The third-order valence-electron chi connectivity index (χ3n) is 2.92. The number of hydrogen-bond donors (Lipinski definition) is 0. The zero-order valence-electron chi connectivity index (χ0n) is 12.1. The standard InChI is InChI=1S/C15H18BrClN2O2/c1-3-20-14-7-12(8-17)6-13(16)15(14)21-5-4-11-9-18-19(2)10-11/h6-7,9-10H,3-5,8H2,1-2H3. The highest BCUT2D eigenvalue weighted by atomic mass is 79.9. The highest BCUT2D eigenvalue weighted by molar-refractivity contribution is 9.10. The molecule has 1 aromatic heterocycles. The zero-order valence-corrected chi connectivity index (χ0v) is 14.4. The van der Waals surface area contributed by atoms with Gasteiger partial charge in [-0.25, -0.2) is 0 Å². The van der Waals surface area contributed by atoms with Gasteiger partial charge in [-0.1, -0.05) is 0 Å². The van der Waals surface area contributed by atoms with E-state index in [1.165, 1.54) is 0 Å². The lowest BCUT2D eigenvalue weighted by Crippen LogP contribution is -2.04. The summed E-state index contributed by atoms with van der Waals surface area (Å²) >= 11 is 9.40. The summed E-state index contributed by atoms with van der Waals surface area (Å²) in [7, 11) is 1.90. The molecule has 2 rings (SSSR count). The van der Waals surface area contributed by atoms with E-state index in [4.69, 9.17) is 21.1 Å². The van der Waals surface area contributed by atoms with Gasteiger partial charge < -0.3 is 9.47 Å². The Morgan fingerprint density at radius 3 is 2.71 bits per heavy atom. The second-order valence-corrected chi connectivity index (χ2v) is 5.71. The molecular formula is C15H18BrClN2O2. The largest absolute Gasteiger partial charge is 0.490 e. The molecule has 21 heavy (non-hydrogen) atoms. The van der Waals surface area contributed by atoms with E-state index < -0.39 is 0 Å². The van der Waals surface area contributed by atoms with Gasteiger partial charge in [-0.3, -0.25) is 4.68 Å². The first kappa shape index (κ1) is 16.2. The number of aromatic nitrogens is 2. The number of ether oxygens (including phenoxy) is 2. The fraction of sp³-hybridized carbons (Fsp3) is 0.400. The Hall–Kier alpha value is -1.20. The van der Waals surface area contributed by atoms with Crippen LogP contribution in [-0.2, 0) is 19.3 Å². The van der Waals surface area contributed by atoms with Gasteiger partial charge in [0.25, 0.3) is 0 Å². The highest BCUT2D eigenvalue weighted by Gasteiger charge is 2.12. The predicted octanol–water partition coefficient (Wildman–Crippen LogP) is 3.94. The van der Waals surface area contributed by atoms with Gasteiger partial charge in [-0.15, -0.1) is 11.6 Å². The maximum atomic E-state index is 5.88. The van der Waals surface area contributed by atoms with Crippen LogP contribution in [0.5, 0.6) is 11.5 Å². The molecule has 0 saturated carbocycles. The van der Waals surface area contributed by atoms with Gasteiger partial charge >= 0.3 is 0 Å². The summed E-state index contributed by atoms with van der Waals surface area (Å²) in [5, 5.41) is 4.14. The first-order chi connectivity index (χ1) is 10.1. The van der Waals surface area contributed by atoms with Crippen molar-refractivity contribution in [2.45, 2.75) is 19.2 Å². The van der Waals surface area contributed by atoms with Crippen LogP contribution in [0, 0.1) is 0 Å². The van der Waals surface area contributed by atoms with Crippen LogP contribution >= 0.6 is 27.5 Å². The summed E-state index contributed by atoms with van der Waals surface area (Å²) in [4.78, 5) is 0. The van der Waals surface area contributed by atoms with Crippen molar-refractivity contribution in [3.63, 3.8) is 0 Å². The van der Waals surface area contributed by atoms with Crippen molar-refractivity contribution in [2.75, 3.05) is 13.2 Å². The average molecular weight is 374 g/mol. The lowest BCUT2D eigenvalue weighted by Gasteiger charge is -2.14. The summed E-state index contributed by atoms with van der Waals surface area (Å²) in [6.07, 6.45) is 4.63. The quantitative estimate of drug-likeness (QED) is 0.690. The number of hydrogen-bond acceptors (Lipinski definition) is 3. The van der Waals surface area contributed by atoms with Crippen LogP contribution in [0.3, 0.4) is 0 Å².